The zero-order chi connectivity index (χ0) is 13.9. The van der Waals surface area contributed by atoms with E-state index in [1.54, 1.807) is 0 Å². The van der Waals surface area contributed by atoms with E-state index >= 15 is 0 Å². The number of rotatable bonds is 3. The van der Waals surface area contributed by atoms with Gasteiger partial charge in [0.05, 0.1) is 16.3 Å². The van der Waals surface area contributed by atoms with Crippen molar-refractivity contribution in [3.8, 4) is 0 Å². The molecule has 0 saturated carbocycles. The van der Waals surface area contributed by atoms with Crippen LogP contribution in [0.3, 0.4) is 0 Å². The molecule has 1 aromatic heterocycles. The summed E-state index contributed by atoms with van der Waals surface area (Å²) in [5, 5.41) is 9.00. The Kier molecular flexibility index (Phi) is 4.18. The molecule has 2 aliphatic heterocycles. The highest BCUT2D eigenvalue weighted by Gasteiger charge is 2.24. The summed E-state index contributed by atoms with van der Waals surface area (Å²) in [4.78, 5) is 16.7. The van der Waals surface area contributed by atoms with Crippen LogP contribution in [0.2, 0.25) is 0 Å². The van der Waals surface area contributed by atoms with Crippen molar-refractivity contribution < 1.29 is 9.18 Å². The molecule has 1 fully saturated rings. The van der Waals surface area contributed by atoms with Gasteiger partial charge < -0.3 is 16.0 Å². The number of fused-ring (bicyclic) bond motifs is 1. The summed E-state index contributed by atoms with van der Waals surface area (Å²) in [5.74, 6) is 1.03. The van der Waals surface area contributed by atoms with Crippen LogP contribution >= 0.6 is 11.8 Å². The van der Waals surface area contributed by atoms with Gasteiger partial charge in [-0.05, 0) is 25.1 Å². The number of hydrogen-bond donors (Lipinski definition) is 3. The van der Waals surface area contributed by atoms with E-state index in [0.29, 0.717) is 24.7 Å². The summed E-state index contributed by atoms with van der Waals surface area (Å²) in [5.41, 5.74) is 0.817. The van der Waals surface area contributed by atoms with Crippen molar-refractivity contribution >= 4 is 23.5 Å². The van der Waals surface area contributed by atoms with Crippen molar-refractivity contribution in [2.24, 2.45) is 0 Å². The number of carbonyl (C=O) groups is 1. The molecule has 1 aromatic rings. The fourth-order valence-corrected chi connectivity index (χ4v) is 3.15. The first-order valence-electron chi connectivity index (χ1n) is 6.73. The van der Waals surface area contributed by atoms with Crippen LogP contribution in [0.5, 0.6) is 0 Å². The largest absolute Gasteiger partial charge is 0.314 e. The van der Waals surface area contributed by atoms with E-state index in [1.807, 2.05) is 12.1 Å². The van der Waals surface area contributed by atoms with Gasteiger partial charge in [0.25, 0.3) is 0 Å². The molecule has 108 valence electrons. The molecule has 0 spiro atoms. The topological polar surface area (TPSA) is 66.0 Å². The standard InChI is InChI=1S/C13H17FN4OS/c14-9-6-15-4-3-10(9)16-5-8-1-2-11-13(17-8)18-12(19)7-20-11/h1-2,9-10,15-16H,3-7H2,(H,17,18,19). The van der Waals surface area contributed by atoms with E-state index in [0.717, 1.165) is 23.6 Å². The normalized spacial score (nSPS) is 25.9. The number of carbonyl (C=O) groups excluding carboxylic acids is 1. The van der Waals surface area contributed by atoms with Crippen LogP contribution in [0.25, 0.3) is 0 Å². The van der Waals surface area contributed by atoms with Crippen LogP contribution in [0.1, 0.15) is 12.1 Å². The predicted octanol–water partition coefficient (Wildman–Crippen LogP) is 0.915. The second-order valence-corrected chi connectivity index (χ2v) is 6.00. The highest BCUT2D eigenvalue weighted by molar-refractivity contribution is 8.00. The Labute approximate surface area is 121 Å². The molecule has 2 aliphatic rings. The first-order valence-corrected chi connectivity index (χ1v) is 7.71. The van der Waals surface area contributed by atoms with Crippen molar-refractivity contribution in [3.05, 3.63) is 17.8 Å². The number of thioether (sulfide) groups is 1. The molecule has 3 rings (SSSR count). The molecule has 2 unspecified atom stereocenters. The number of pyridine rings is 1. The van der Waals surface area contributed by atoms with Crippen LogP contribution in [0.4, 0.5) is 10.2 Å². The number of aromatic nitrogens is 1. The van der Waals surface area contributed by atoms with E-state index in [1.165, 1.54) is 11.8 Å². The van der Waals surface area contributed by atoms with Gasteiger partial charge in [0.15, 0.2) is 0 Å². The minimum absolute atomic E-state index is 0.0257. The Balaban J connectivity index is 1.63. The lowest BCUT2D eigenvalue weighted by molar-refractivity contribution is -0.113. The maximum absolute atomic E-state index is 13.7. The molecule has 0 aromatic carbocycles. The molecule has 2 atom stereocenters. The molecule has 5 nitrogen and oxygen atoms in total. The van der Waals surface area contributed by atoms with Crippen molar-refractivity contribution in [2.75, 3.05) is 24.2 Å². The fraction of sp³-hybridized carbons (Fsp3) is 0.538. The van der Waals surface area contributed by atoms with Gasteiger partial charge in [-0.2, -0.15) is 0 Å². The van der Waals surface area contributed by atoms with Crippen LogP contribution < -0.4 is 16.0 Å². The summed E-state index contributed by atoms with van der Waals surface area (Å²) in [6, 6.07) is 3.75. The van der Waals surface area contributed by atoms with E-state index < -0.39 is 6.17 Å². The lowest BCUT2D eigenvalue weighted by atomic mass is 10.0. The number of hydrogen-bond acceptors (Lipinski definition) is 5. The molecule has 0 aliphatic carbocycles. The molecule has 0 radical (unpaired) electrons. The number of nitrogens with one attached hydrogen (secondary N) is 3. The Morgan fingerprint density at radius 1 is 1.50 bits per heavy atom. The molecule has 3 heterocycles. The van der Waals surface area contributed by atoms with Gasteiger partial charge >= 0.3 is 0 Å². The average molecular weight is 296 g/mol. The van der Waals surface area contributed by atoms with Gasteiger partial charge in [0, 0.05) is 19.1 Å². The molecular formula is C13H17FN4OS. The lowest BCUT2D eigenvalue weighted by Crippen LogP contribution is -2.48. The van der Waals surface area contributed by atoms with Crippen LogP contribution in [-0.2, 0) is 11.3 Å². The predicted molar refractivity (Wildman–Crippen MR) is 76.6 cm³/mol. The number of piperidine rings is 1. The zero-order valence-corrected chi connectivity index (χ0v) is 11.8. The summed E-state index contributed by atoms with van der Waals surface area (Å²) >= 11 is 1.49. The Hall–Kier alpha value is -1.18. The summed E-state index contributed by atoms with van der Waals surface area (Å²) in [6.45, 7) is 1.75. The Bertz CT molecular complexity index is 513. The fourth-order valence-electron chi connectivity index (χ4n) is 2.39. The number of anilines is 1. The van der Waals surface area contributed by atoms with Crippen molar-refractivity contribution in [2.45, 2.75) is 30.1 Å². The van der Waals surface area contributed by atoms with Gasteiger partial charge in [0.1, 0.15) is 12.0 Å². The molecule has 1 saturated heterocycles. The second-order valence-electron chi connectivity index (χ2n) is 4.98. The molecule has 1 amide bonds. The average Bonchev–Trinajstić information content (AvgIpc) is 2.46. The first-order chi connectivity index (χ1) is 9.72. The maximum atomic E-state index is 13.7. The SMILES string of the molecule is O=C1CSc2ccc(CNC3CCNCC3F)nc2N1. The summed E-state index contributed by atoms with van der Waals surface area (Å²) < 4.78 is 13.7. The number of nitrogens with zero attached hydrogens (tertiary/aromatic N) is 1. The number of halogens is 1. The van der Waals surface area contributed by atoms with Crippen molar-refractivity contribution in [1.29, 1.82) is 0 Å². The van der Waals surface area contributed by atoms with Gasteiger partial charge in [-0.25, -0.2) is 9.37 Å². The van der Waals surface area contributed by atoms with Crippen molar-refractivity contribution in [1.82, 2.24) is 15.6 Å². The number of alkyl halides is 1. The van der Waals surface area contributed by atoms with E-state index in [2.05, 4.69) is 20.9 Å². The summed E-state index contributed by atoms with van der Waals surface area (Å²) in [7, 11) is 0. The van der Waals surface area contributed by atoms with Gasteiger partial charge in [-0.3, -0.25) is 4.79 Å². The monoisotopic (exact) mass is 296 g/mol. The van der Waals surface area contributed by atoms with Gasteiger partial charge in [0.2, 0.25) is 5.91 Å². The molecule has 7 heteroatoms. The minimum atomic E-state index is -0.864. The van der Waals surface area contributed by atoms with Crippen LogP contribution in [0.15, 0.2) is 17.0 Å². The highest BCUT2D eigenvalue weighted by Crippen LogP contribution is 2.29. The lowest BCUT2D eigenvalue weighted by Gasteiger charge is -2.27. The third-order valence-electron chi connectivity index (χ3n) is 3.49. The Morgan fingerprint density at radius 2 is 2.40 bits per heavy atom. The molecular weight excluding hydrogens is 279 g/mol. The zero-order valence-electron chi connectivity index (χ0n) is 11.0. The molecule has 3 N–H and O–H groups in total. The third kappa shape index (κ3) is 3.11. The second kappa shape index (κ2) is 6.07. The van der Waals surface area contributed by atoms with E-state index in [9.17, 15) is 9.18 Å². The third-order valence-corrected chi connectivity index (χ3v) is 4.53. The smallest absolute Gasteiger partial charge is 0.235 e. The van der Waals surface area contributed by atoms with Crippen LogP contribution in [0, 0.1) is 0 Å². The van der Waals surface area contributed by atoms with E-state index in [-0.39, 0.29) is 11.9 Å². The quantitative estimate of drug-likeness (QED) is 0.774. The molecule has 20 heavy (non-hydrogen) atoms. The molecule has 0 bridgehead atoms. The summed E-state index contributed by atoms with van der Waals surface area (Å²) in [6.07, 6.45) is -0.0877. The Morgan fingerprint density at radius 3 is 3.25 bits per heavy atom. The first kappa shape index (κ1) is 13.8. The van der Waals surface area contributed by atoms with E-state index in [4.69, 9.17) is 0 Å². The minimum Gasteiger partial charge on any atom is -0.314 e. The maximum Gasteiger partial charge on any atom is 0.235 e. The van der Waals surface area contributed by atoms with Crippen LogP contribution in [-0.4, -0.2) is 41.9 Å². The van der Waals surface area contributed by atoms with Gasteiger partial charge in [-0.15, -0.1) is 11.8 Å². The van der Waals surface area contributed by atoms with Crippen molar-refractivity contribution in [3.63, 3.8) is 0 Å². The number of amides is 1. The highest BCUT2D eigenvalue weighted by atomic mass is 32.2. The van der Waals surface area contributed by atoms with Gasteiger partial charge in [-0.1, -0.05) is 0 Å².